The number of benzene rings is 1. The van der Waals surface area contributed by atoms with E-state index in [4.69, 9.17) is 4.74 Å². The number of aryl methyl sites for hydroxylation is 1. The first-order chi connectivity index (χ1) is 10.3. The van der Waals surface area contributed by atoms with Crippen molar-refractivity contribution in [1.82, 2.24) is 4.57 Å². The zero-order chi connectivity index (χ0) is 15.1. The highest BCUT2D eigenvalue weighted by Gasteiger charge is 2.05. The molecule has 21 heavy (non-hydrogen) atoms. The van der Waals surface area contributed by atoms with Gasteiger partial charge in [0.2, 0.25) is 0 Å². The summed E-state index contributed by atoms with van der Waals surface area (Å²) in [5.41, 5.74) is 3.06. The number of hydrogen-bond acceptors (Lipinski definition) is 3. The van der Waals surface area contributed by atoms with Crippen molar-refractivity contribution >= 4 is 5.69 Å². The maximum Gasteiger partial charge on any atom is 0.124 e. The summed E-state index contributed by atoms with van der Waals surface area (Å²) in [7, 11) is 0. The molecule has 1 aromatic heterocycles. The molecule has 0 saturated heterocycles. The average molecular weight is 288 g/mol. The molecule has 4 nitrogen and oxygen atoms in total. The Labute approximate surface area is 126 Å². The molecule has 0 aliphatic carbocycles. The zero-order valence-corrected chi connectivity index (χ0v) is 12.8. The first-order valence-corrected chi connectivity index (χ1v) is 7.53. The number of nitrogens with one attached hydrogen (secondary N) is 1. The lowest BCUT2D eigenvalue weighted by Crippen LogP contribution is -2.07. The summed E-state index contributed by atoms with van der Waals surface area (Å²) < 4.78 is 7.75. The predicted molar refractivity (Wildman–Crippen MR) is 85.6 cm³/mol. The minimum Gasteiger partial charge on any atom is -0.494 e. The van der Waals surface area contributed by atoms with Gasteiger partial charge in [-0.05, 0) is 43.7 Å². The molecule has 0 aliphatic heterocycles. The van der Waals surface area contributed by atoms with Crippen molar-refractivity contribution in [3.63, 3.8) is 0 Å². The minimum atomic E-state index is -0.0168. The molecule has 0 aliphatic rings. The Morgan fingerprint density at radius 2 is 2.10 bits per heavy atom. The quantitative estimate of drug-likeness (QED) is 0.782. The number of aromatic nitrogens is 1. The number of aliphatic hydroxyl groups is 1. The first-order valence-electron chi connectivity index (χ1n) is 7.53. The van der Waals surface area contributed by atoms with Gasteiger partial charge in [0, 0.05) is 29.7 Å². The van der Waals surface area contributed by atoms with Crippen LogP contribution in [0.1, 0.15) is 31.5 Å². The Hall–Kier alpha value is -1.94. The third-order valence-corrected chi connectivity index (χ3v) is 3.39. The van der Waals surface area contributed by atoms with Gasteiger partial charge in [0.25, 0.3) is 0 Å². The third kappa shape index (κ3) is 4.02. The maximum atomic E-state index is 9.42. The molecule has 2 N–H and O–H groups in total. The van der Waals surface area contributed by atoms with Gasteiger partial charge in [-0.25, -0.2) is 0 Å². The average Bonchev–Trinajstić information content (AvgIpc) is 2.94. The molecule has 0 fully saturated rings. The van der Waals surface area contributed by atoms with Crippen LogP contribution in [0.3, 0.4) is 0 Å². The van der Waals surface area contributed by atoms with E-state index in [1.807, 2.05) is 25.1 Å². The topological polar surface area (TPSA) is 46.4 Å². The van der Waals surface area contributed by atoms with Crippen molar-refractivity contribution in [2.75, 3.05) is 11.9 Å². The molecule has 0 unspecified atom stereocenters. The van der Waals surface area contributed by atoms with Gasteiger partial charge < -0.3 is 19.7 Å². The number of rotatable bonds is 8. The summed E-state index contributed by atoms with van der Waals surface area (Å²) in [4.78, 5) is 0. The van der Waals surface area contributed by atoms with Crippen LogP contribution in [0.2, 0.25) is 0 Å². The summed E-state index contributed by atoms with van der Waals surface area (Å²) >= 11 is 0. The minimum absolute atomic E-state index is 0.0168. The molecule has 0 amide bonds. The number of aliphatic hydroxyl groups excluding tert-OH is 1. The predicted octanol–water partition coefficient (Wildman–Crippen LogP) is 3.40. The standard InChI is InChI=1S/C17H24N2O2/c1-3-9-19-10-5-6-16(19)12-18-15-7-8-17(21-4-2)14(11-15)13-20/h5-8,10-11,18,20H,3-4,9,12-13H2,1-2H3. The summed E-state index contributed by atoms with van der Waals surface area (Å²) in [6.07, 6.45) is 3.23. The molecule has 4 heteroatoms. The molecule has 0 bridgehead atoms. The second kappa shape index (κ2) is 7.74. The smallest absolute Gasteiger partial charge is 0.124 e. The fraction of sp³-hybridized carbons (Fsp3) is 0.412. The van der Waals surface area contributed by atoms with Gasteiger partial charge in [0.1, 0.15) is 5.75 Å². The number of hydrogen-bond donors (Lipinski definition) is 2. The molecule has 0 radical (unpaired) electrons. The Morgan fingerprint density at radius 3 is 2.81 bits per heavy atom. The van der Waals surface area contributed by atoms with Gasteiger partial charge >= 0.3 is 0 Å². The number of anilines is 1. The van der Waals surface area contributed by atoms with E-state index in [9.17, 15) is 5.11 Å². The zero-order valence-electron chi connectivity index (χ0n) is 12.8. The van der Waals surface area contributed by atoms with Crippen LogP contribution in [0.25, 0.3) is 0 Å². The Kier molecular flexibility index (Phi) is 5.69. The molecule has 0 saturated carbocycles. The van der Waals surface area contributed by atoms with Crippen LogP contribution in [0.4, 0.5) is 5.69 Å². The monoisotopic (exact) mass is 288 g/mol. The van der Waals surface area contributed by atoms with Crippen LogP contribution in [-0.2, 0) is 19.7 Å². The summed E-state index contributed by atoms with van der Waals surface area (Å²) in [5, 5.41) is 12.8. The van der Waals surface area contributed by atoms with E-state index in [1.165, 1.54) is 5.69 Å². The van der Waals surface area contributed by atoms with Crippen LogP contribution >= 0.6 is 0 Å². The van der Waals surface area contributed by atoms with Gasteiger partial charge in [-0.2, -0.15) is 0 Å². The van der Waals surface area contributed by atoms with Crippen molar-refractivity contribution < 1.29 is 9.84 Å². The van der Waals surface area contributed by atoms with E-state index in [1.54, 1.807) is 0 Å². The molecule has 1 heterocycles. The Bertz CT molecular complexity index is 564. The first kappa shape index (κ1) is 15.4. The maximum absolute atomic E-state index is 9.42. The number of ether oxygens (including phenoxy) is 1. The van der Waals surface area contributed by atoms with E-state index in [0.29, 0.717) is 6.61 Å². The van der Waals surface area contributed by atoms with Crippen molar-refractivity contribution in [2.45, 2.75) is 40.0 Å². The van der Waals surface area contributed by atoms with Crippen LogP contribution in [0.15, 0.2) is 36.5 Å². The molecule has 2 aromatic rings. The van der Waals surface area contributed by atoms with Gasteiger partial charge in [0.05, 0.1) is 19.8 Å². The fourth-order valence-corrected chi connectivity index (χ4v) is 2.37. The molecule has 1 aromatic carbocycles. The van der Waals surface area contributed by atoms with Crippen molar-refractivity contribution in [3.05, 3.63) is 47.8 Å². The normalized spacial score (nSPS) is 10.6. The lowest BCUT2D eigenvalue weighted by molar-refractivity contribution is 0.267. The Balaban J connectivity index is 2.04. The second-order valence-corrected chi connectivity index (χ2v) is 4.96. The molecule has 0 atom stereocenters. The second-order valence-electron chi connectivity index (χ2n) is 4.96. The molecule has 2 rings (SSSR count). The van der Waals surface area contributed by atoms with Crippen molar-refractivity contribution in [3.8, 4) is 5.75 Å². The van der Waals surface area contributed by atoms with Crippen molar-refractivity contribution in [1.29, 1.82) is 0 Å². The summed E-state index contributed by atoms with van der Waals surface area (Å²) in [5.74, 6) is 0.750. The van der Waals surface area contributed by atoms with Gasteiger partial charge in [-0.1, -0.05) is 6.92 Å². The highest BCUT2D eigenvalue weighted by Crippen LogP contribution is 2.23. The van der Waals surface area contributed by atoms with Crippen LogP contribution in [0, 0.1) is 0 Å². The van der Waals surface area contributed by atoms with Crippen LogP contribution < -0.4 is 10.1 Å². The molecule has 114 valence electrons. The van der Waals surface area contributed by atoms with E-state index in [-0.39, 0.29) is 6.61 Å². The largest absolute Gasteiger partial charge is 0.494 e. The van der Waals surface area contributed by atoms with E-state index >= 15 is 0 Å². The lowest BCUT2D eigenvalue weighted by atomic mass is 10.2. The molecule has 0 spiro atoms. The summed E-state index contributed by atoms with van der Waals surface area (Å²) in [6.45, 7) is 6.51. The van der Waals surface area contributed by atoms with Gasteiger partial charge in [0.15, 0.2) is 0 Å². The SMILES string of the molecule is CCCn1cccc1CNc1ccc(OCC)c(CO)c1. The highest BCUT2D eigenvalue weighted by atomic mass is 16.5. The lowest BCUT2D eigenvalue weighted by Gasteiger charge is -2.13. The van der Waals surface area contributed by atoms with E-state index < -0.39 is 0 Å². The van der Waals surface area contributed by atoms with Gasteiger partial charge in [-0.3, -0.25) is 0 Å². The van der Waals surface area contributed by atoms with Crippen molar-refractivity contribution in [2.24, 2.45) is 0 Å². The van der Waals surface area contributed by atoms with Gasteiger partial charge in [-0.15, -0.1) is 0 Å². The third-order valence-electron chi connectivity index (χ3n) is 3.39. The summed E-state index contributed by atoms with van der Waals surface area (Å²) in [6, 6.07) is 10.0. The van der Waals surface area contributed by atoms with E-state index in [0.717, 1.165) is 36.5 Å². The highest BCUT2D eigenvalue weighted by molar-refractivity contribution is 5.51. The number of nitrogens with zero attached hydrogens (tertiary/aromatic N) is 1. The fourth-order valence-electron chi connectivity index (χ4n) is 2.37. The van der Waals surface area contributed by atoms with E-state index in [2.05, 4.69) is 35.1 Å². The molecular formula is C17H24N2O2. The molecular weight excluding hydrogens is 264 g/mol. The Morgan fingerprint density at radius 1 is 1.24 bits per heavy atom. The van der Waals surface area contributed by atoms with Crippen LogP contribution in [0.5, 0.6) is 5.75 Å². The van der Waals surface area contributed by atoms with Crippen LogP contribution in [-0.4, -0.2) is 16.3 Å².